The van der Waals surface area contributed by atoms with Crippen molar-refractivity contribution in [3.63, 3.8) is 0 Å². The normalized spacial score (nSPS) is 18.2. The van der Waals surface area contributed by atoms with E-state index in [-0.39, 0.29) is 30.6 Å². The molecule has 5 nitrogen and oxygen atoms in total. The second kappa shape index (κ2) is 10.2. The average molecular weight is 470 g/mol. The van der Waals surface area contributed by atoms with E-state index >= 15 is 0 Å². The van der Waals surface area contributed by atoms with Gasteiger partial charge in [-0.3, -0.25) is 0 Å². The molecule has 1 saturated heterocycles. The van der Waals surface area contributed by atoms with E-state index in [1.54, 1.807) is 17.0 Å². The third kappa shape index (κ3) is 4.97. The van der Waals surface area contributed by atoms with E-state index in [0.29, 0.717) is 12.1 Å². The van der Waals surface area contributed by atoms with Gasteiger partial charge >= 0.3 is 12.1 Å². The molecule has 0 radical (unpaired) electrons. The lowest BCUT2D eigenvalue weighted by molar-refractivity contribution is 0.0596. The van der Waals surface area contributed by atoms with E-state index in [2.05, 4.69) is 6.07 Å². The Morgan fingerprint density at radius 1 is 1.09 bits per heavy atom. The number of thiophene rings is 1. The lowest BCUT2D eigenvalue weighted by Gasteiger charge is -2.39. The van der Waals surface area contributed by atoms with Gasteiger partial charge in [-0.25, -0.2) is 9.59 Å². The molecule has 2 heterocycles. The number of carbonyl (C=O) groups is 2. The Balaban J connectivity index is 1.55. The third-order valence-corrected chi connectivity index (χ3v) is 7.04. The van der Waals surface area contributed by atoms with Gasteiger partial charge in [0.15, 0.2) is 0 Å². The summed E-state index contributed by atoms with van der Waals surface area (Å²) < 4.78 is 11.2. The van der Waals surface area contributed by atoms with Crippen LogP contribution in [0.25, 0.3) is 0 Å². The molecule has 0 aliphatic carbocycles. The summed E-state index contributed by atoms with van der Waals surface area (Å²) in [5.41, 5.74) is 3.50. The van der Waals surface area contributed by atoms with Gasteiger partial charge in [-0.05, 0) is 59.0 Å². The molecule has 1 aliphatic heterocycles. The molecular formula is C25H24ClNO4S. The average Bonchev–Trinajstić information content (AvgIpc) is 3.28. The van der Waals surface area contributed by atoms with Crippen molar-refractivity contribution in [1.82, 2.24) is 4.90 Å². The molecule has 1 fully saturated rings. The number of methoxy groups -OCH3 is 1. The maximum atomic E-state index is 13.0. The molecule has 4 rings (SSSR count). The van der Waals surface area contributed by atoms with Crippen molar-refractivity contribution in [2.24, 2.45) is 0 Å². The van der Waals surface area contributed by atoms with Gasteiger partial charge in [0.1, 0.15) is 6.61 Å². The predicted molar refractivity (Wildman–Crippen MR) is 125 cm³/mol. The topological polar surface area (TPSA) is 55.8 Å². The molecule has 0 saturated carbocycles. The lowest BCUT2D eigenvalue weighted by Crippen LogP contribution is -2.40. The summed E-state index contributed by atoms with van der Waals surface area (Å²) in [5.74, 6) is -0.139. The van der Waals surface area contributed by atoms with Gasteiger partial charge in [0.05, 0.1) is 23.1 Å². The minimum atomic E-state index is -0.387. The van der Waals surface area contributed by atoms with Crippen molar-refractivity contribution >= 4 is 35.0 Å². The molecule has 1 amide bonds. The quantitative estimate of drug-likeness (QED) is 0.403. The summed E-state index contributed by atoms with van der Waals surface area (Å²) in [5, 5.41) is 2.00. The summed E-state index contributed by atoms with van der Waals surface area (Å²) in [6.45, 7) is 0.790. The summed E-state index contributed by atoms with van der Waals surface area (Å²) in [6, 6.07) is 18.7. The molecule has 0 bridgehead atoms. The third-order valence-electron chi connectivity index (χ3n) is 5.84. The first-order valence-electron chi connectivity index (χ1n) is 10.4. The molecule has 166 valence electrons. The number of carbonyl (C=O) groups excluding carboxylic acids is 2. The molecule has 1 unspecified atom stereocenters. The minimum absolute atomic E-state index is 0.181. The summed E-state index contributed by atoms with van der Waals surface area (Å²) in [4.78, 5) is 26.6. The van der Waals surface area contributed by atoms with Crippen LogP contribution in [0.1, 0.15) is 51.8 Å². The van der Waals surface area contributed by atoms with Crippen molar-refractivity contribution in [2.45, 2.75) is 31.4 Å². The number of nitrogens with zero attached hydrogens (tertiary/aromatic N) is 1. The Labute approximate surface area is 196 Å². The van der Waals surface area contributed by atoms with Crippen molar-refractivity contribution in [3.8, 4) is 0 Å². The second-order valence-electron chi connectivity index (χ2n) is 7.73. The largest absolute Gasteiger partial charge is 0.465 e. The fourth-order valence-electron chi connectivity index (χ4n) is 4.14. The van der Waals surface area contributed by atoms with Crippen molar-refractivity contribution in [2.75, 3.05) is 13.7 Å². The van der Waals surface area contributed by atoms with Gasteiger partial charge in [0, 0.05) is 6.54 Å². The fourth-order valence-corrected chi connectivity index (χ4v) is 5.22. The van der Waals surface area contributed by atoms with Gasteiger partial charge in [-0.2, -0.15) is 0 Å². The number of likely N-dealkylation sites (tertiary alicyclic amines) is 1. The standard InChI is InChI=1S/C25H24ClNO4S/c1-30-24(28)19-9-7-18(8-10-19)22-15-20(21-12-14-32-23(21)26)11-13-27(22)25(29)31-16-17-5-3-2-4-6-17/h2-10,12,14,20,22H,11,13,15-16H2,1H3/t20?,22-/m0/s1. The Kier molecular flexibility index (Phi) is 7.12. The zero-order valence-corrected chi connectivity index (χ0v) is 19.3. The summed E-state index contributed by atoms with van der Waals surface area (Å²) in [6.07, 6.45) is 1.20. The van der Waals surface area contributed by atoms with Crippen molar-refractivity contribution < 1.29 is 19.1 Å². The number of hydrogen-bond acceptors (Lipinski definition) is 5. The van der Waals surface area contributed by atoms with Crippen LogP contribution in [0.4, 0.5) is 4.79 Å². The first-order valence-corrected chi connectivity index (χ1v) is 11.7. The Bertz CT molecular complexity index is 1070. The number of hydrogen-bond donors (Lipinski definition) is 0. The number of halogens is 1. The van der Waals surface area contributed by atoms with E-state index in [4.69, 9.17) is 21.1 Å². The first-order chi connectivity index (χ1) is 15.6. The van der Waals surface area contributed by atoms with Crippen LogP contribution < -0.4 is 0 Å². The lowest BCUT2D eigenvalue weighted by atomic mass is 9.84. The maximum absolute atomic E-state index is 13.0. The number of rotatable bonds is 5. The van der Waals surface area contributed by atoms with Crippen molar-refractivity contribution in [1.29, 1.82) is 0 Å². The van der Waals surface area contributed by atoms with Gasteiger partial charge in [-0.1, -0.05) is 54.1 Å². The summed E-state index contributed by atoms with van der Waals surface area (Å²) >= 11 is 7.94. The highest BCUT2D eigenvalue weighted by molar-refractivity contribution is 7.14. The van der Waals surface area contributed by atoms with E-state index in [1.165, 1.54) is 18.4 Å². The molecule has 0 spiro atoms. The molecule has 1 aliphatic rings. The van der Waals surface area contributed by atoms with Crippen LogP contribution >= 0.6 is 22.9 Å². The van der Waals surface area contributed by atoms with E-state index in [1.807, 2.05) is 47.8 Å². The van der Waals surface area contributed by atoms with Gasteiger partial charge in [-0.15, -0.1) is 11.3 Å². The highest BCUT2D eigenvalue weighted by Crippen LogP contribution is 2.43. The number of ether oxygens (including phenoxy) is 2. The highest BCUT2D eigenvalue weighted by atomic mass is 35.5. The van der Waals surface area contributed by atoms with Crippen LogP contribution in [0.15, 0.2) is 66.0 Å². The monoisotopic (exact) mass is 469 g/mol. The number of amides is 1. The first kappa shape index (κ1) is 22.4. The van der Waals surface area contributed by atoms with Crippen molar-refractivity contribution in [3.05, 3.63) is 92.6 Å². The van der Waals surface area contributed by atoms with E-state index < -0.39 is 0 Å². The van der Waals surface area contributed by atoms with Crippen LogP contribution in [0.2, 0.25) is 4.34 Å². The number of benzene rings is 2. The highest BCUT2D eigenvalue weighted by Gasteiger charge is 2.35. The number of esters is 1. The van der Waals surface area contributed by atoms with Gasteiger partial charge in [0.25, 0.3) is 0 Å². The molecule has 7 heteroatoms. The fraction of sp³-hybridized carbons (Fsp3) is 0.280. The molecular weight excluding hydrogens is 446 g/mol. The van der Waals surface area contributed by atoms with Gasteiger partial charge in [0.2, 0.25) is 0 Å². The van der Waals surface area contributed by atoms with Gasteiger partial charge < -0.3 is 14.4 Å². The van der Waals surface area contributed by atoms with E-state index in [0.717, 1.165) is 33.9 Å². The zero-order chi connectivity index (χ0) is 22.5. The van der Waals surface area contributed by atoms with Crippen LogP contribution in [-0.4, -0.2) is 30.6 Å². The smallest absolute Gasteiger partial charge is 0.410 e. The molecule has 3 aromatic rings. The van der Waals surface area contributed by atoms with Crippen LogP contribution in [-0.2, 0) is 16.1 Å². The van der Waals surface area contributed by atoms with E-state index in [9.17, 15) is 9.59 Å². The molecule has 32 heavy (non-hydrogen) atoms. The van der Waals surface area contributed by atoms with Crippen LogP contribution in [0.3, 0.4) is 0 Å². The predicted octanol–water partition coefficient (Wildman–Crippen LogP) is 6.45. The number of piperidine rings is 1. The Morgan fingerprint density at radius 3 is 2.50 bits per heavy atom. The molecule has 0 N–H and O–H groups in total. The minimum Gasteiger partial charge on any atom is -0.465 e. The Morgan fingerprint density at radius 2 is 1.84 bits per heavy atom. The van der Waals surface area contributed by atoms with Crippen LogP contribution in [0, 0.1) is 0 Å². The molecule has 2 aromatic carbocycles. The zero-order valence-electron chi connectivity index (χ0n) is 17.7. The second-order valence-corrected chi connectivity index (χ2v) is 9.25. The summed E-state index contributed by atoms with van der Waals surface area (Å²) in [7, 11) is 1.36. The SMILES string of the molecule is COC(=O)c1ccc([C@@H]2CC(c3ccsc3Cl)CCN2C(=O)OCc2ccccc2)cc1. The molecule has 1 aromatic heterocycles. The Hall–Kier alpha value is -2.83. The van der Waals surface area contributed by atoms with Crippen LogP contribution in [0.5, 0.6) is 0 Å². The molecule has 2 atom stereocenters. The maximum Gasteiger partial charge on any atom is 0.410 e.